The molecule has 1 aliphatic rings. The Labute approximate surface area is 122 Å². The van der Waals surface area contributed by atoms with E-state index in [2.05, 4.69) is 34.2 Å². The number of hydrogen-bond acceptors (Lipinski definition) is 3. The zero-order valence-electron chi connectivity index (χ0n) is 11.8. The largest absolute Gasteiger partial charge is 0.492 e. The van der Waals surface area contributed by atoms with Crippen molar-refractivity contribution in [1.29, 1.82) is 0 Å². The van der Waals surface area contributed by atoms with Crippen molar-refractivity contribution in [1.82, 2.24) is 9.97 Å². The summed E-state index contributed by atoms with van der Waals surface area (Å²) in [4.78, 5) is 7.55. The fraction of sp³-hybridized carbons (Fsp3) is 0.235. The lowest BCUT2D eigenvalue weighted by atomic mass is 10.0. The van der Waals surface area contributed by atoms with Gasteiger partial charge >= 0.3 is 0 Å². The van der Waals surface area contributed by atoms with E-state index in [1.54, 1.807) is 6.92 Å². The van der Waals surface area contributed by atoms with Crippen LogP contribution in [0.1, 0.15) is 24.4 Å². The minimum Gasteiger partial charge on any atom is -0.492 e. The molecule has 0 fully saturated rings. The summed E-state index contributed by atoms with van der Waals surface area (Å²) in [7, 11) is 0. The number of para-hydroxylation sites is 1. The van der Waals surface area contributed by atoms with Crippen LogP contribution in [0.2, 0.25) is 0 Å². The normalized spacial score (nSPS) is 15.0. The number of fused-ring (bicyclic) bond motifs is 2. The van der Waals surface area contributed by atoms with E-state index in [9.17, 15) is 5.11 Å². The van der Waals surface area contributed by atoms with Crippen molar-refractivity contribution in [3.63, 3.8) is 0 Å². The Kier molecular flexibility index (Phi) is 2.72. The van der Waals surface area contributed by atoms with Crippen LogP contribution in [0.5, 0.6) is 5.75 Å². The van der Waals surface area contributed by atoms with Crippen molar-refractivity contribution in [3.05, 3.63) is 47.8 Å². The highest BCUT2D eigenvalue weighted by Gasteiger charge is 2.17. The smallest absolute Gasteiger partial charge is 0.135 e. The van der Waals surface area contributed by atoms with Crippen LogP contribution in [-0.4, -0.2) is 21.7 Å². The summed E-state index contributed by atoms with van der Waals surface area (Å²) in [5.74, 6) is 1.59. The van der Waals surface area contributed by atoms with E-state index in [-0.39, 0.29) is 0 Å². The van der Waals surface area contributed by atoms with Gasteiger partial charge < -0.3 is 14.8 Å². The van der Waals surface area contributed by atoms with Crippen molar-refractivity contribution in [2.45, 2.75) is 19.4 Å². The predicted molar refractivity (Wildman–Crippen MR) is 81.4 cm³/mol. The topological polar surface area (TPSA) is 58.1 Å². The Morgan fingerprint density at radius 1 is 1.29 bits per heavy atom. The van der Waals surface area contributed by atoms with Gasteiger partial charge in [0, 0.05) is 12.0 Å². The number of benzene rings is 2. The van der Waals surface area contributed by atoms with Crippen LogP contribution in [0.15, 0.2) is 36.4 Å². The summed E-state index contributed by atoms with van der Waals surface area (Å²) in [6.07, 6.45) is 0.381. The molecule has 0 saturated carbocycles. The first-order chi connectivity index (χ1) is 10.2. The van der Waals surface area contributed by atoms with Crippen LogP contribution in [-0.2, 0) is 6.42 Å². The second kappa shape index (κ2) is 4.60. The first kappa shape index (κ1) is 12.4. The Hall–Kier alpha value is -2.33. The molecular weight excluding hydrogens is 264 g/mol. The number of H-pyrrole nitrogens is 1. The third-order valence-corrected chi connectivity index (χ3v) is 3.92. The van der Waals surface area contributed by atoms with Crippen LogP contribution in [0.25, 0.3) is 22.2 Å². The predicted octanol–water partition coefficient (Wildman–Crippen LogP) is 3.22. The quantitative estimate of drug-likeness (QED) is 0.757. The van der Waals surface area contributed by atoms with Gasteiger partial charge in [0.15, 0.2) is 0 Å². The molecule has 1 atom stereocenters. The van der Waals surface area contributed by atoms with Gasteiger partial charge in [-0.1, -0.05) is 24.3 Å². The van der Waals surface area contributed by atoms with E-state index in [1.165, 1.54) is 5.56 Å². The molecule has 0 unspecified atom stereocenters. The maximum absolute atomic E-state index is 9.62. The molecule has 3 aromatic rings. The number of nitrogens with zero attached hydrogens (tertiary/aromatic N) is 1. The van der Waals surface area contributed by atoms with Crippen molar-refractivity contribution < 1.29 is 9.84 Å². The van der Waals surface area contributed by atoms with Crippen molar-refractivity contribution in [3.8, 4) is 16.9 Å². The molecule has 1 aromatic heterocycles. The van der Waals surface area contributed by atoms with Gasteiger partial charge in [-0.15, -0.1) is 0 Å². The second-order valence-electron chi connectivity index (χ2n) is 5.42. The number of aromatic amines is 1. The molecule has 106 valence electrons. The molecule has 2 N–H and O–H groups in total. The number of imidazole rings is 1. The van der Waals surface area contributed by atoms with E-state index in [4.69, 9.17) is 4.74 Å². The van der Waals surface area contributed by atoms with Crippen LogP contribution in [0, 0.1) is 0 Å². The number of hydrogen-bond donors (Lipinski definition) is 2. The van der Waals surface area contributed by atoms with Crippen LogP contribution < -0.4 is 4.74 Å². The summed E-state index contributed by atoms with van der Waals surface area (Å²) in [6, 6.07) is 12.4. The van der Waals surface area contributed by atoms with Gasteiger partial charge in [-0.05, 0) is 30.2 Å². The zero-order chi connectivity index (χ0) is 14.4. The fourth-order valence-corrected chi connectivity index (χ4v) is 2.84. The van der Waals surface area contributed by atoms with Gasteiger partial charge in [0.1, 0.15) is 17.7 Å². The van der Waals surface area contributed by atoms with Crippen molar-refractivity contribution >= 4 is 11.0 Å². The van der Waals surface area contributed by atoms with Crippen LogP contribution in [0.3, 0.4) is 0 Å². The van der Waals surface area contributed by atoms with E-state index in [0.29, 0.717) is 5.82 Å². The number of aromatic nitrogens is 2. The van der Waals surface area contributed by atoms with Gasteiger partial charge in [-0.25, -0.2) is 4.98 Å². The van der Waals surface area contributed by atoms with Crippen molar-refractivity contribution in [2.24, 2.45) is 0 Å². The SMILES string of the molecule is C[C@H](O)c1nc2ccc(-c3cccc4c3OCC4)cc2[nH]1. The van der Waals surface area contributed by atoms with Crippen LogP contribution in [0.4, 0.5) is 0 Å². The summed E-state index contributed by atoms with van der Waals surface area (Å²) in [5.41, 5.74) is 5.27. The summed E-state index contributed by atoms with van der Waals surface area (Å²) >= 11 is 0. The van der Waals surface area contributed by atoms with E-state index >= 15 is 0 Å². The maximum atomic E-state index is 9.62. The Morgan fingerprint density at radius 3 is 3.05 bits per heavy atom. The lowest BCUT2D eigenvalue weighted by Gasteiger charge is -2.08. The minimum atomic E-state index is -0.592. The average molecular weight is 280 g/mol. The van der Waals surface area contributed by atoms with Gasteiger partial charge in [0.2, 0.25) is 0 Å². The number of rotatable bonds is 2. The fourth-order valence-electron chi connectivity index (χ4n) is 2.84. The highest BCUT2D eigenvalue weighted by Crippen LogP contribution is 2.37. The average Bonchev–Trinajstić information content (AvgIpc) is 3.12. The molecule has 4 rings (SSSR count). The first-order valence-electron chi connectivity index (χ1n) is 7.15. The Balaban J connectivity index is 1.86. The standard InChI is InChI=1S/C17H16N2O2/c1-10(20)17-18-14-6-5-12(9-15(14)19-17)13-4-2-3-11-7-8-21-16(11)13/h2-6,9-10,20H,7-8H2,1H3,(H,18,19)/t10-/m0/s1. The molecular formula is C17H16N2O2. The van der Waals surface area contributed by atoms with E-state index < -0.39 is 6.10 Å². The molecule has 0 amide bonds. The molecule has 0 saturated heterocycles. The third-order valence-electron chi connectivity index (χ3n) is 3.92. The summed E-state index contributed by atoms with van der Waals surface area (Å²) in [5, 5.41) is 9.62. The van der Waals surface area contributed by atoms with Gasteiger partial charge in [0.25, 0.3) is 0 Å². The number of aliphatic hydroxyl groups excluding tert-OH is 1. The molecule has 1 aliphatic heterocycles. The molecule has 0 bridgehead atoms. The lowest BCUT2D eigenvalue weighted by molar-refractivity contribution is 0.190. The van der Waals surface area contributed by atoms with E-state index in [0.717, 1.165) is 40.9 Å². The molecule has 0 radical (unpaired) electrons. The van der Waals surface area contributed by atoms with Gasteiger partial charge in [-0.2, -0.15) is 0 Å². The molecule has 4 heteroatoms. The Bertz CT molecular complexity index is 821. The highest BCUT2D eigenvalue weighted by molar-refractivity contribution is 5.84. The molecule has 0 spiro atoms. The monoisotopic (exact) mass is 280 g/mol. The highest BCUT2D eigenvalue weighted by atomic mass is 16.5. The van der Waals surface area contributed by atoms with Gasteiger partial charge in [0.05, 0.1) is 17.6 Å². The summed E-state index contributed by atoms with van der Waals surface area (Å²) < 4.78 is 5.77. The number of ether oxygens (including phenoxy) is 1. The Morgan fingerprint density at radius 2 is 2.19 bits per heavy atom. The molecule has 4 nitrogen and oxygen atoms in total. The first-order valence-corrected chi connectivity index (χ1v) is 7.15. The lowest BCUT2D eigenvalue weighted by Crippen LogP contribution is -1.92. The second-order valence-corrected chi connectivity index (χ2v) is 5.42. The van der Waals surface area contributed by atoms with Crippen LogP contribution >= 0.6 is 0 Å². The molecule has 21 heavy (non-hydrogen) atoms. The van der Waals surface area contributed by atoms with Crippen molar-refractivity contribution in [2.75, 3.05) is 6.61 Å². The van der Waals surface area contributed by atoms with E-state index in [1.807, 2.05) is 12.1 Å². The number of aliphatic hydroxyl groups is 1. The zero-order valence-corrected chi connectivity index (χ0v) is 11.8. The summed E-state index contributed by atoms with van der Waals surface area (Å²) in [6.45, 7) is 2.46. The minimum absolute atomic E-state index is 0.592. The molecule has 2 aromatic carbocycles. The number of nitrogens with one attached hydrogen (secondary N) is 1. The maximum Gasteiger partial charge on any atom is 0.135 e. The molecule has 2 heterocycles. The molecule has 0 aliphatic carbocycles. The van der Waals surface area contributed by atoms with Gasteiger partial charge in [-0.3, -0.25) is 0 Å². The third kappa shape index (κ3) is 1.99.